The number of piperidine rings is 1. The van der Waals surface area contributed by atoms with E-state index in [1.165, 1.54) is 0 Å². The Labute approximate surface area is 124 Å². The normalized spacial score (nSPS) is 16.7. The van der Waals surface area contributed by atoms with E-state index in [9.17, 15) is 9.59 Å². The molecule has 1 aliphatic heterocycles. The van der Waals surface area contributed by atoms with Crippen molar-refractivity contribution >= 4 is 11.8 Å². The number of aromatic nitrogens is 1. The standard InChI is InChI=1S/C16H21N3O2/c1-2-3-4-7-15(20)19-11-8-13(9-12-19)18-16(21)14-6-5-10-17-14/h2-7,10,13,17H,8-9,11-12H2,1H3,(H,18,21). The van der Waals surface area contributed by atoms with E-state index >= 15 is 0 Å². The summed E-state index contributed by atoms with van der Waals surface area (Å²) in [6, 6.07) is 3.68. The minimum Gasteiger partial charge on any atom is -0.357 e. The van der Waals surface area contributed by atoms with Gasteiger partial charge in [-0.05, 0) is 31.9 Å². The summed E-state index contributed by atoms with van der Waals surface area (Å²) < 4.78 is 0. The Morgan fingerprint density at radius 3 is 2.71 bits per heavy atom. The predicted molar refractivity (Wildman–Crippen MR) is 81.8 cm³/mol. The molecule has 2 N–H and O–H groups in total. The number of allylic oxidation sites excluding steroid dienone is 3. The van der Waals surface area contributed by atoms with E-state index in [0.717, 1.165) is 12.8 Å². The van der Waals surface area contributed by atoms with E-state index in [1.54, 1.807) is 30.5 Å². The Bertz CT molecular complexity index is 524. The summed E-state index contributed by atoms with van der Waals surface area (Å²) in [6.07, 6.45) is 10.4. The Kier molecular flexibility index (Phi) is 5.37. The van der Waals surface area contributed by atoms with Crippen LogP contribution in [0.4, 0.5) is 0 Å². The summed E-state index contributed by atoms with van der Waals surface area (Å²) in [5, 5.41) is 3.00. The van der Waals surface area contributed by atoms with Crippen molar-refractivity contribution in [2.24, 2.45) is 0 Å². The molecule has 2 rings (SSSR count). The number of likely N-dealkylation sites (tertiary alicyclic amines) is 1. The molecule has 5 heteroatoms. The van der Waals surface area contributed by atoms with Crippen LogP contribution in [0.2, 0.25) is 0 Å². The fourth-order valence-electron chi connectivity index (χ4n) is 2.33. The van der Waals surface area contributed by atoms with Gasteiger partial charge in [0.05, 0.1) is 0 Å². The lowest BCUT2D eigenvalue weighted by Crippen LogP contribution is -2.46. The second-order valence-electron chi connectivity index (χ2n) is 5.04. The molecule has 0 spiro atoms. The van der Waals surface area contributed by atoms with Gasteiger partial charge in [0.1, 0.15) is 5.69 Å². The van der Waals surface area contributed by atoms with Crippen molar-refractivity contribution in [1.82, 2.24) is 15.2 Å². The van der Waals surface area contributed by atoms with Gasteiger partial charge >= 0.3 is 0 Å². The van der Waals surface area contributed by atoms with Gasteiger partial charge in [0, 0.05) is 31.4 Å². The quantitative estimate of drug-likeness (QED) is 0.656. The predicted octanol–water partition coefficient (Wildman–Crippen LogP) is 1.87. The highest BCUT2D eigenvalue weighted by Gasteiger charge is 2.23. The minimum absolute atomic E-state index is 0.0299. The summed E-state index contributed by atoms with van der Waals surface area (Å²) >= 11 is 0. The van der Waals surface area contributed by atoms with Crippen LogP contribution in [-0.2, 0) is 4.79 Å². The molecule has 0 aliphatic carbocycles. The van der Waals surface area contributed by atoms with Crippen molar-refractivity contribution < 1.29 is 9.59 Å². The fourth-order valence-corrected chi connectivity index (χ4v) is 2.33. The number of carbonyl (C=O) groups is 2. The number of nitrogens with one attached hydrogen (secondary N) is 2. The molecule has 5 nitrogen and oxygen atoms in total. The molecule has 0 saturated carbocycles. The van der Waals surface area contributed by atoms with Gasteiger partial charge in [0.15, 0.2) is 0 Å². The topological polar surface area (TPSA) is 65.2 Å². The van der Waals surface area contributed by atoms with Gasteiger partial charge < -0.3 is 15.2 Å². The van der Waals surface area contributed by atoms with Crippen molar-refractivity contribution in [2.45, 2.75) is 25.8 Å². The molecule has 0 radical (unpaired) electrons. The number of aromatic amines is 1. The van der Waals surface area contributed by atoms with E-state index < -0.39 is 0 Å². The van der Waals surface area contributed by atoms with Gasteiger partial charge in [-0.15, -0.1) is 0 Å². The van der Waals surface area contributed by atoms with Crippen LogP contribution in [0.25, 0.3) is 0 Å². The Balaban J connectivity index is 1.78. The van der Waals surface area contributed by atoms with Crippen LogP contribution in [0.1, 0.15) is 30.3 Å². The SMILES string of the molecule is CC=CC=CC(=O)N1CCC(NC(=O)c2ccc[nH]2)CC1. The van der Waals surface area contributed by atoms with Crippen LogP contribution in [0, 0.1) is 0 Å². The van der Waals surface area contributed by atoms with Crippen LogP contribution in [0.15, 0.2) is 42.6 Å². The summed E-state index contributed by atoms with van der Waals surface area (Å²) in [4.78, 5) is 28.5. The van der Waals surface area contributed by atoms with E-state index in [-0.39, 0.29) is 17.9 Å². The van der Waals surface area contributed by atoms with Gasteiger partial charge in [-0.2, -0.15) is 0 Å². The first-order valence-electron chi connectivity index (χ1n) is 7.23. The summed E-state index contributed by atoms with van der Waals surface area (Å²) in [6.45, 7) is 3.26. The van der Waals surface area contributed by atoms with Gasteiger partial charge in [0.2, 0.25) is 5.91 Å². The molecule has 1 aliphatic rings. The van der Waals surface area contributed by atoms with Crippen LogP contribution in [-0.4, -0.2) is 40.8 Å². The van der Waals surface area contributed by atoms with Crippen molar-refractivity contribution in [2.75, 3.05) is 13.1 Å². The summed E-state index contributed by atoms with van der Waals surface area (Å²) in [5.74, 6) is -0.0556. The lowest BCUT2D eigenvalue weighted by Gasteiger charge is -2.31. The van der Waals surface area contributed by atoms with Gasteiger partial charge in [0.25, 0.3) is 5.91 Å². The Morgan fingerprint density at radius 1 is 1.33 bits per heavy atom. The zero-order valence-corrected chi connectivity index (χ0v) is 12.2. The number of rotatable bonds is 4. The number of hydrogen-bond acceptors (Lipinski definition) is 2. The van der Waals surface area contributed by atoms with E-state index in [0.29, 0.717) is 18.8 Å². The average Bonchev–Trinajstić information content (AvgIpc) is 3.02. The molecule has 1 aromatic rings. The fraction of sp³-hybridized carbons (Fsp3) is 0.375. The molecule has 21 heavy (non-hydrogen) atoms. The average molecular weight is 287 g/mol. The third-order valence-corrected chi connectivity index (χ3v) is 3.53. The van der Waals surface area contributed by atoms with Crippen LogP contribution < -0.4 is 5.32 Å². The first-order chi connectivity index (χ1) is 10.2. The highest BCUT2D eigenvalue weighted by molar-refractivity contribution is 5.92. The Morgan fingerprint density at radius 2 is 2.10 bits per heavy atom. The maximum atomic E-state index is 11.9. The van der Waals surface area contributed by atoms with Crippen molar-refractivity contribution in [3.63, 3.8) is 0 Å². The molecule has 112 valence electrons. The first-order valence-corrected chi connectivity index (χ1v) is 7.23. The van der Waals surface area contributed by atoms with Crippen molar-refractivity contribution in [1.29, 1.82) is 0 Å². The van der Waals surface area contributed by atoms with Crippen LogP contribution in [0.5, 0.6) is 0 Å². The molecule has 0 bridgehead atoms. The molecular formula is C16H21N3O2. The number of H-pyrrole nitrogens is 1. The smallest absolute Gasteiger partial charge is 0.267 e. The number of nitrogens with zero attached hydrogens (tertiary/aromatic N) is 1. The first kappa shape index (κ1) is 15.1. The second kappa shape index (κ2) is 7.47. The highest BCUT2D eigenvalue weighted by Crippen LogP contribution is 2.11. The zero-order valence-electron chi connectivity index (χ0n) is 12.2. The molecule has 1 aromatic heterocycles. The Hall–Kier alpha value is -2.30. The zero-order chi connectivity index (χ0) is 15.1. The maximum absolute atomic E-state index is 11.9. The third-order valence-electron chi connectivity index (χ3n) is 3.53. The molecule has 0 unspecified atom stereocenters. The van der Waals surface area contributed by atoms with Crippen LogP contribution >= 0.6 is 0 Å². The van der Waals surface area contributed by atoms with Gasteiger partial charge in [-0.25, -0.2) is 0 Å². The van der Waals surface area contributed by atoms with Gasteiger partial charge in [-0.1, -0.05) is 18.2 Å². The van der Waals surface area contributed by atoms with E-state index in [1.807, 2.05) is 24.0 Å². The van der Waals surface area contributed by atoms with E-state index in [2.05, 4.69) is 10.3 Å². The number of amides is 2. The molecule has 2 heterocycles. The summed E-state index contributed by atoms with van der Waals surface area (Å²) in [7, 11) is 0. The lowest BCUT2D eigenvalue weighted by atomic mass is 10.0. The maximum Gasteiger partial charge on any atom is 0.267 e. The monoisotopic (exact) mass is 287 g/mol. The molecule has 2 amide bonds. The molecule has 0 atom stereocenters. The number of carbonyl (C=O) groups excluding carboxylic acids is 2. The largest absolute Gasteiger partial charge is 0.357 e. The van der Waals surface area contributed by atoms with Crippen molar-refractivity contribution in [3.05, 3.63) is 48.3 Å². The minimum atomic E-state index is -0.0854. The molecular weight excluding hydrogens is 266 g/mol. The second-order valence-corrected chi connectivity index (χ2v) is 5.04. The summed E-state index contributed by atoms with van der Waals surface area (Å²) in [5.41, 5.74) is 0.572. The van der Waals surface area contributed by atoms with Crippen LogP contribution in [0.3, 0.4) is 0 Å². The highest BCUT2D eigenvalue weighted by atomic mass is 16.2. The third kappa shape index (κ3) is 4.34. The molecule has 1 saturated heterocycles. The molecule has 1 fully saturated rings. The lowest BCUT2D eigenvalue weighted by molar-refractivity contribution is -0.127. The molecule has 0 aromatic carbocycles. The van der Waals surface area contributed by atoms with E-state index in [4.69, 9.17) is 0 Å². The number of hydrogen-bond donors (Lipinski definition) is 2. The van der Waals surface area contributed by atoms with Crippen molar-refractivity contribution in [3.8, 4) is 0 Å². The van der Waals surface area contributed by atoms with Gasteiger partial charge in [-0.3, -0.25) is 9.59 Å².